The summed E-state index contributed by atoms with van der Waals surface area (Å²) < 4.78 is 0. The fourth-order valence-corrected chi connectivity index (χ4v) is 2.09. The van der Waals surface area contributed by atoms with Crippen LogP contribution in [0.4, 0.5) is 0 Å². The Balaban J connectivity index is 2.39. The zero-order chi connectivity index (χ0) is 9.26. The van der Waals surface area contributed by atoms with Crippen molar-refractivity contribution < 1.29 is 5.11 Å². The van der Waals surface area contributed by atoms with Gasteiger partial charge in [-0.05, 0) is 31.0 Å². The highest BCUT2D eigenvalue weighted by atomic mass is 16.3. The molecule has 13 heavy (non-hydrogen) atoms. The van der Waals surface area contributed by atoms with Crippen LogP contribution < -0.4 is 5.32 Å². The summed E-state index contributed by atoms with van der Waals surface area (Å²) in [6.07, 6.45) is 1.62. The van der Waals surface area contributed by atoms with Gasteiger partial charge in [0.2, 0.25) is 0 Å². The predicted octanol–water partition coefficient (Wildman–Crippen LogP) is 1.25. The van der Waals surface area contributed by atoms with Crippen LogP contribution in [0.15, 0.2) is 24.3 Å². The third-order valence-corrected chi connectivity index (χ3v) is 2.80. The monoisotopic (exact) mass is 177 g/mol. The molecular weight excluding hydrogens is 162 g/mol. The number of rotatable bonds is 1. The molecule has 1 aromatic rings. The Morgan fingerprint density at radius 3 is 2.92 bits per heavy atom. The van der Waals surface area contributed by atoms with Crippen molar-refractivity contribution in [3.63, 3.8) is 0 Å². The lowest BCUT2D eigenvalue weighted by atomic mass is 9.86. The Bertz CT molecular complexity index is 298. The number of likely N-dealkylation sites (N-methyl/N-ethyl adjacent to an activating group) is 1. The number of aryl methyl sites for hydroxylation is 1. The molecule has 0 saturated carbocycles. The van der Waals surface area contributed by atoms with E-state index in [1.165, 1.54) is 11.1 Å². The fourth-order valence-electron chi connectivity index (χ4n) is 2.09. The second-order valence-corrected chi connectivity index (χ2v) is 3.57. The molecule has 2 N–H and O–H groups in total. The van der Waals surface area contributed by atoms with E-state index in [1.54, 1.807) is 0 Å². The van der Waals surface area contributed by atoms with Crippen LogP contribution in [0, 0.1) is 0 Å². The van der Waals surface area contributed by atoms with Crippen molar-refractivity contribution in [3.8, 4) is 0 Å². The van der Waals surface area contributed by atoms with Crippen LogP contribution in [0.5, 0.6) is 0 Å². The van der Waals surface area contributed by atoms with Gasteiger partial charge in [0.25, 0.3) is 0 Å². The van der Waals surface area contributed by atoms with Crippen molar-refractivity contribution in [3.05, 3.63) is 35.4 Å². The van der Waals surface area contributed by atoms with E-state index in [2.05, 4.69) is 23.5 Å². The van der Waals surface area contributed by atoms with Crippen molar-refractivity contribution in [1.82, 2.24) is 5.32 Å². The topological polar surface area (TPSA) is 32.3 Å². The molecule has 0 saturated heterocycles. The average Bonchev–Trinajstić information content (AvgIpc) is 2.18. The van der Waals surface area contributed by atoms with Gasteiger partial charge >= 0.3 is 0 Å². The third kappa shape index (κ3) is 1.47. The lowest BCUT2D eigenvalue weighted by molar-refractivity contribution is 0.114. The van der Waals surface area contributed by atoms with Gasteiger partial charge in [-0.25, -0.2) is 0 Å². The lowest BCUT2D eigenvalue weighted by Crippen LogP contribution is -2.33. The largest absolute Gasteiger partial charge is 0.391 e. The maximum absolute atomic E-state index is 9.75. The smallest absolute Gasteiger partial charge is 0.0738 e. The summed E-state index contributed by atoms with van der Waals surface area (Å²) in [5, 5.41) is 12.9. The van der Waals surface area contributed by atoms with Crippen LogP contribution in [0.1, 0.15) is 23.6 Å². The molecule has 0 amide bonds. The molecule has 70 valence electrons. The molecule has 2 heteroatoms. The highest BCUT2D eigenvalue weighted by Gasteiger charge is 2.25. The normalized spacial score (nSPS) is 26.9. The van der Waals surface area contributed by atoms with E-state index in [0.717, 1.165) is 12.8 Å². The Hall–Kier alpha value is -0.860. The van der Waals surface area contributed by atoms with Gasteiger partial charge < -0.3 is 10.4 Å². The van der Waals surface area contributed by atoms with Crippen LogP contribution in [0.25, 0.3) is 0 Å². The van der Waals surface area contributed by atoms with E-state index in [1.807, 2.05) is 13.1 Å². The minimum Gasteiger partial charge on any atom is -0.391 e. The first-order chi connectivity index (χ1) is 6.33. The summed E-state index contributed by atoms with van der Waals surface area (Å²) >= 11 is 0. The van der Waals surface area contributed by atoms with Crippen LogP contribution >= 0.6 is 0 Å². The minimum absolute atomic E-state index is 0.116. The first-order valence-corrected chi connectivity index (χ1v) is 4.76. The van der Waals surface area contributed by atoms with Gasteiger partial charge in [-0.3, -0.25) is 0 Å². The third-order valence-electron chi connectivity index (χ3n) is 2.80. The van der Waals surface area contributed by atoms with E-state index in [4.69, 9.17) is 0 Å². The Labute approximate surface area is 78.6 Å². The second kappa shape index (κ2) is 3.48. The van der Waals surface area contributed by atoms with Crippen LogP contribution in [-0.4, -0.2) is 18.3 Å². The molecule has 2 rings (SSSR count). The maximum Gasteiger partial charge on any atom is 0.0738 e. The summed E-state index contributed by atoms with van der Waals surface area (Å²) in [7, 11) is 1.90. The molecule has 1 aliphatic rings. The molecule has 0 spiro atoms. The quantitative estimate of drug-likeness (QED) is 0.676. The molecule has 0 heterocycles. The lowest BCUT2D eigenvalue weighted by Gasteiger charge is -2.29. The van der Waals surface area contributed by atoms with Crippen molar-refractivity contribution in [2.45, 2.75) is 25.0 Å². The summed E-state index contributed by atoms with van der Waals surface area (Å²) in [4.78, 5) is 0. The van der Waals surface area contributed by atoms with Crippen LogP contribution in [0.3, 0.4) is 0 Å². The van der Waals surface area contributed by atoms with Crippen LogP contribution in [0.2, 0.25) is 0 Å². The molecule has 1 aromatic carbocycles. The highest BCUT2D eigenvalue weighted by molar-refractivity contribution is 5.33. The number of nitrogens with one attached hydrogen (secondary N) is 1. The molecule has 0 aliphatic heterocycles. The van der Waals surface area contributed by atoms with E-state index in [9.17, 15) is 5.11 Å². The van der Waals surface area contributed by atoms with Gasteiger partial charge in [-0.2, -0.15) is 0 Å². The maximum atomic E-state index is 9.75. The Morgan fingerprint density at radius 1 is 1.38 bits per heavy atom. The first kappa shape index (κ1) is 8.73. The number of benzene rings is 1. The molecule has 0 aromatic heterocycles. The summed E-state index contributed by atoms with van der Waals surface area (Å²) in [5.74, 6) is 0. The van der Waals surface area contributed by atoms with Crippen molar-refractivity contribution >= 4 is 0 Å². The number of hydrogen-bond acceptors (Lipinski definition) is 2. The van der Waals surface area contributed by atoms with Crippen molar-refractivity contribution in [2.24, 2.45) is 0 Å². The van der Waals surface area contributed by atoms with E-state index >= 15 is 0 Å². The zero-order valence-corrected chi connectivity index (χ0v) is 7.83. The average molecular weight is 177 g/mol. The predicted molar refractivity (Wildman–Crippen MR) is 52.6 cm³/mol. The van der Waals surface area contributed by atoms with Crippen LogP contribution in [-0.2, 0) is 6.42 Å². The van der Waals surface area contributed by atoms with E-state index in [-0.39, 0.29) is 12.1 Å². The molecule has 0 unspecified atom stereocenters. The summed E-state index contributed by atoms with van der Waals surface area (Å²) in [6.45, 7) is 0. The van der Waals surface area contributed by atoms with E-state index < -0.39 is 0 Å². The minimum atomic E-state index is -0.236. The van der Waals surface area contributed by atoms with Crippen molar-refractivity contribution in [1.29, 1.82) is 0 Å². The Kier molecular flexibility index (Phi) is 2.34. The fraction of sp³-hybridized carbons (Fsp3) is 0.455. The Morgan fingerprint density at radius 2 is 2.15 bits per heavy atom. The second-order valence-electron chi connectivity index (χ2n) is 3.57. The summed E-state index contributed by atoms with van der Waals surface area (Å²) in [6, 6.07) is 8.44. The molecule has 1 aliphatic carbocycles. The summed E-state index contributed by atoms with van der Waals surface area (Å²) in [5.41, 5.74) is 2.62. The van der Waals surface area contributed by atoms with Crippen molar-refractivity contribution in [2.75, 3.05) is 7.05 Å². The molecule has 2 atom stereocenters. The molecule has 0 fully saturated rings. The standard InChI is InChI=1S/C11H15NO/c1-12-11-9-5-3-2-4-8(9)6-7-10(11)13/h2-5,10-13H,6-7H2,1H3/t10-,11+/m1/s1. The number of hydrogen-bond donors (Lipinski definition) is 2. The van der Waals surface area contributed by atoms with E-state index in [0.29, 0.717) is 0 Å². The van der Waals surface area contributed by atoms with Gasteiger partial charge in [0.1, 0.15) is 0 Å². The van der Waals surface area contributed by atoms with Gasteiger partial charge in [-0.1, -0.05) is 24.3 Å². The van der Waals surface area contributed by atoms with Gasteiger partial charge in [0.15, 0.2) is 0 Å². The number of aliphatic hydroxyl groups is 1. The number of aliphatic hydroxyl groups excluding tert-OH is 1. The van der Waals surface area contributed by atoms with Gasteiger partial charge in [0.05, 0.1) is 12.1 Å². The SMILES string of the molecule is CN[C@H]1c2ccccc2CC[C@H]1O. The molecule has 0 radical (unpaired) electrons. The zero-order valence-electron chi connectivity index (χ0n) is 7.83. The molecular formula is C11H15NO. The molecule has 2 nitrogen and oxygen atoms in total. The molecule has 0 bridgehead atoms. The number of fused-ring (bicyclic) bond motifs is 1. The van der Waals surface area contributed by atoms with Gasteiger partial charge in [0, 0.05) is 0 Å². The highest BCUT2D eigenvalue weighted by Crippen LogP contribution is 2.29. The first-order valence-electron chi connectivity index (χ1n) is 4.76. The van der Waals surface area contributed by atoms with Gasteiger partial charge in [-0.15, -0.1) is 0 Å².